The molecule has 5 rings (SSSR count). The molecule has 0 aliphatic carbocycles. The van der Waals surface area contributed by atoms with E-state index in [4.69, 9.17) is 4.74 Å². The van der Waals surface area contributed by atoms with Crippen LogP contribution in [0.15, 0.2) is 55.0 Å². The molecule has 2 aliphatic heterocycles. The monoisotopic (exact) mass is 520 g/mol. The minimum Gasteiger partial charge on any atom is -0.495 e. The highest BCUT2D eigenvalue weighted by molar-refractivity contribution is 5.87. The number of ether oxygens (including phenoxy) is 1. The van der Waals surface area contributed by atoms with E-state index in [0.717, 1.165) is 23.4 Å². The van der Waals surface area contributed by atoms with Crippen LogP contribution in [0.1, 0.15) is 48.5 Å². The number of likely N-dealkylation sites (tertiary alicyclic amines) is 2. The second-order valence-electron chi connectivity index (χ2n) is 10.3. The summed E-state index contributed by atoms with van der Waals surface area (Å²) in [5, 5.41) is 10.3. The molecule has 3 atom stereocenters. The number of carbonyl (C=O) groups is 2. The lowest BCUT2D eigenvalue weighted by Gasteiger charge is -2.45. The van der Waals surface area contributed by atoms with E-state index >= 15 is 0 Å². The molecule has 3 heterocycles. The highest BCUT2D eigenvalue weighted by Gasteiger charge is 2.56. The van der Waals surface area contributed by atoms with Crippen molar-refractivity contribution in [3.63, 3.8) is 0 Å². The van der Waals surface area contributed by atoms with Crippen LogP contribution < -0.4 is 4.74 Å². The Hall–Kier alpha value is -3.72. The molecule has 2 fully saturated rings. The number of aliphatic hydroxyl groups excluding tert-OH is 1. The first kappa shape index (κ1) is 25.9. The van der Waals surface area contributed by atoms with Crippen molar-refractivity contribution < 1.29 is 23.8 Å². The number of nitrogens with zero attached hydrogens (tertiary/aromatic N) is 4. The number of aryl methyl sites for hydroxylation is 1. The summed E-state index contributed by atoms with van der Waals surface area (Å²) in [5.41, 5.74) is 2.48. The van der Waals surface area contributed by atoms with Gasteiger partial charge in [-0.3, -0.25) is 9.59 Å². The van der Waals surface area contributed by atoms with E-state index in [0.29, 0.717) is 37.4 Å². The van der Waals surface area contributed by atoms with Crippen molar-refractivity contribution in [1.29, 1.82) is 0 Å². The highest BCUT2D eigenvalue weighted by atomic mass is 19.1. The van der Waals surface area contributed by atoms with Crippen LogP contribution in [0.25, 0.3) is 5.69 Å². The Kier molecular flexibility index (Phi) is 6.96. The van der Waals surface area contributed by atoms with Crippen LogP contribution in [-0.4, -0.2) is 69.6 Å². The maximum Gasteiger partial charge on any atom is 0.231 e. The van der Waals surface area contributed by atoms with E-state index in [2.05, 4.69) is 4.98 Å². The average Bonchev–Trinajstić information content (AvgIpc) is 3.52. The van der Waals surface area contributed by atoms with E-state index < -0.39 is 11.5 Å². The van der Waals surface area contributed by atoms with Gasteiger partial charge in [-0.25, -0.2) is 9.37 Å². The van der Waals surface area contributed by atoms with Gasteiger partial charge in [0.15, 0.2) is 0 Å². The molecule has 2 aromatic carbocycles. The molecule has 8 nitrogen and oxygen atoms in total. The van der Waals surface area contributed by atoms with Crippen LogP contribution in [0.5, 0.6) is 5.75 Å². The van der Waals surface area contributed by atoms with Gasteiger partial charge in [0.1, 0.15) is 11.6 Å². The number of piperidine rings is 1. The third-order valence-corrected chi connectivity index (χ3v) is 8.10. The standard InChI is InChI=1S/C29H33FN4O4/c1-19-14-33(18-31-19)25-10-7-22(13-27(25)38-3)24-15-32(20(2)36)17-29(24)11-4-12-34(28(29)37)26(16-35)21-5-8-23(30)9-6-21/h5-10,13-14,18,24,26,35H,4,11-12,15-17H2,1-3H3/t24?,26-,29?/m0/s1. The molecule has 0 saturated carbocycles. The summed E-state index contributed by atoms with van der Waals surface area (Å²) >= 11 is 0. The van der Waals surface area contributed by atoms with Crippen molar-refractivity contribution in [3.05, 3.63) is 77.6 Å². The van der Waals surface area contributed by atoms with Crippen molar-refractivity contribution in [2.24, 2.45) is 5.41 Å². The molecule has 1 spiro atoms. The summed E-state index contributed by atoms with van der Waals surface area (Å²) in [5.74, 6) is -0.138. The van der Waals surface area contributed by atoms with Crippen molar-refractivity contribution in [1.82, 2.24) is 19.4 Å². The lowest BCUT2D eigenvalue weighted by Crippen LogP contribution is -2.53. The number of hydrogen-bond donors (Lipinski definition) is 1. The molecule has 2 amide bonds. The smallest absolute Gasteiger partial charge is 0.231 e. The fourth-order valence-corrected chi connectivity index (χ4v) is 6.15. The zero-order chi connectivity index (χ0) is 27.0. The van der Waals surface area contributed by atoms with Crippen LogP contribution in [0.4, 0.5) is 4.39 Å². The van der Waals surface area contributed by atoms with Gasteiger partial charge in [0, 0.05) is 38.7 Å². The van der Waals surface area contributed by atoms with Gasteiger partial charge in [0.2, 0.25) is 11.8 Å². The summed E-state index contributed by atoms with van der Waals surface area (Å²) in [6.07, 6.45) is 5.01. The molecule has 200 valence electrons. The molecule has 0 radical (unpaired) electrons. The number of aromatic nitrogens is 2. The van der Waals surface area contributed by atoms with Gasteiger partial charge in [0.05, 0.1) is 42.9 Å². The molecule has 1 N–H and O–H groups in total. The first-order valence-corrected chi connectivity index (χ1v) is 12.9. The number of aliphatic hydroxyl groups is 1. The molecule has 0 bridgehead atoms. The largest absolute Gasteiger partial charge is 0.495 e. The molecule has 2 aliphatic rings. The van der Waals surface area contributed by atoms with Crippen LogP contribution in [0.3, 0.4) is 0 Å². The minimum atomic E-state index is -0.838. The number of carbonyl (C=O) groups excluding carboxylic acids is 2. The first-order chi connectivity index (χ1) is 18.3. The Morgan fingerprint density at radius 3 is 2.66 bits per heavy atom. The van der Waals surface area contributed by atoms with Gasteiger partial charge in [-0.2, -0.15) is 0 Å². The van der Waals surface area contributed by atoms with Crippen molar-refractivity contribution in [3.8, 4) is 11.4 Å². The SMILES string of the molecule is COc1cc(C2CN(C(C)=O)CC23CCCN([C@@H](CO)c2ccc(F)cc2)C3=O)ccc1-n1cnc(C)c1. The molecular formula is C29H33FN4O4. The van der Waals surface area contributed by atoms with Crippen LogP contribution in [-0.2, 0) is 9.59 Å². The third-order valence-electron chi connectivity index (χ3n) is 8.10. The number of hydrogen-bond acceptors (Lipinski definition) is 5. The lowest BCUT2D eigenvalue weighted by molar-refractivity contribution is -0.151. The van der Waals surface area contributed by atoms with Crippen molar-refractivity contribution in [2.45, 2.75) is 38.6 Å². The number of rotatable bonds is 6. The maximum absolute atomic E-state index is 14.3. The Labute approximate surface area is 221 Å². The van der Waals surface area contributed by atoms with E-state index in [1.54, 1.807) is 35.4 Å². The third kappa shape index (κ3) is 4.45. The Morgan fingerprint density at radius 1 is 1.26 bits per heavy atom. The van der Waals surface area contributed by atoms with Crippen LogP contribution in [0.2, 0.25) is 0 Å². The summed E-state index contributed by atoms with van der Waals surface area (Å²) < 4.78 is 21.2. The maximum atomic E-state index is 14.3. The Balaban J connectivity index is 1.54. The quantitative estimate of drug-likeness (QED) is 0.537. The Morgan fingerprint density at radius 2 is 2.03 bits per heavy atom. The molecule has 1 aromatic heterocycles. The number of methoxy groups -OCH3 is 1. The molecule has 2 unspecified atom stereocenters. The zero-order valence-electron chi connectivity index (χ0n) is 21.9. The predicted molar refractivity (Wildman–Crippen MR) is 139 cm³/mol. The van der Waals surface area contributed by atoms with Gasteiger partial charge in [-0.15, -0.1) is 0 Å². The number of imidazole rings is 1. The summed E-state index contributed by atoms with van der Waals surface area (Å²) in [7, 11) is 1.61. The van der Waals surface area contributed by atoms with E-state index in [1.807, 2.05) is 35.9 Å². The predicted octanol–water partition coefficient (Wildman–Crippen LogP) is 3.62. The first-order valence-electron chi connectivity index (χ1n) is 12.9. The molecule has 2 saturated heterocycles. The van der Waals surface area contributed by atoms with Crippen molar-refractivity contribution in [2.75, 3.05) is 33.4 Å². The second-order valence-corrected chi connectivity index (χ2v) is 10.3. The average molecular weight is 521 g/mol. The zero-order valence-corrected chi connectivity index (χ0v) is 21.9. The van der Waals surface area contributed by atoms with Gasteiger partial charge in [0.25, 0.3) is 0 Å². The Bertz CT molecular complexity index is 1340. The van der Waals surface area contributed by atoms with Crippen LogP contribution >= 0.6 is 0 Å². The molecule has 3 aromatic rings. The van der Waals surface area contributed by atoms with Crippen molar-refractivity contribution >= 4 is 11.8 Å². The number of amides is 2. The van der Waals surface area contributed by atoms with Gasteiger partial charge >= 0.3 is 0 Å². The fourth-order valence-electron chi connectivity index (χ4n) is 6.15. The molecule has 38 heavy (non-hydrogen) atoms. The van der Waals surface area contributed by atoms with Gasteiger partial charge in [-0.1, -0.05) is 18.2 Å². The topological polar surface area (TPSA) is 87.9 Å². The van der Waals surface area contributed by atoms with E-state index in [9.17, 15) is 19.1 Å². The van der Waals surface area contributed by atoms with E-state index in [-0.39, 0.29) is 30.2 Å². The molecule has 9 heteroatoms. The van der Waals surface area contributed by atoms with E-state index in [1.165, 1.54) is 19.1 Å². The summed E-state index contributed by atoms with van der Waals surface area (Å²) in [4.78, 5) is 34.7. The van der Waals surface area contributed by atoms with Gasteiger partial charge < -0.3 is 24.2 Å². The summed E-state index contributed by atoms with van der Waals surface area (Å²) in [6, 6.07) is 11.2. The normalized spacial score (nSPS) is 22.2. The number of benzene rings is 2. The molecular weight excluding hydrogens is 487 g/mol. The minimum absolute atomic E-state index is 0.0773. The second kappa shape index (κ2) is 10.2. The fraction of sp³-hybridized carbons (Fsp3) is 0.414. The van der Waals surface area contributed by atoms with Gasteiger partial charge in [-0.05, 0) is 55.2 Å². The summed E-state index contributed by atoms with van der Waals surface area (Å²) in [6.45, 7) is 4.39. The highest BCUT2D eigenvalue weighted by Crippen LogP contribution is 2.51. The van der Waals surface area contributed by atoms with Crippen LogP contribution in [0, 0.1) is 18.2 Å². The lowest BCUT2D eigenvalue weighted by atomic mass is 9.68. The number of halogens is 1.